The van der Waals surface area contributed by atoms with E-state index >= 15 is 0 Å². The summed E-state index contributed by atoms with van der Waals surface area (Å²) in [5, 5.41) is 15.2. The van der Waals surface area contributed by atoms with Crippen LogP contribution in [0.3, 0.4) is 0 Å². The molecule has 2 aliphatic rings. The molecule has 0 aromatic carbocycles. The van der Waals surface area contributed by atoms with Crippen LogP contribution in [-0.2, 0) is 35.3 Å². The highest BCUT2D eigenvalue weighted by atomic mass is 32.2. The molecule has 3 aromatic rings. The van der Waals surface area contributed by atoms with Crippen molar-refractivity contribution < 1.29 is 14.3 Å². The van der Waals surface area contributed by atoms with Gasteiger partial charge in [0.15, 0.2) is 11.0 Å². The van der Waals surface area contributed by atoms with Crippen LogP contribution in [0.4, 0.5) is 5.00 Å². The van der Waals surface area contributed by atoms with E-state index in [9.17, 15) is 9.59 Å². The minimum absolute atomic E-state index is 0.121. The average molecular weight is 546 g/mol. The van der Waals surface area contributed by atoms with Gasteiger partial charge in [-0.15, -0.1) is 32.9 Å². The monoisotopic (exact) mass is 545 g/mol. The Morgan fingerprint density at radius 1 is 1.33 bits per heavy atom. The van der Waals surface area contributed by atoms with Crippen LogP contribution >= 0.6 is 34.4 Å². The zero-order valence-corrected chi connectivity index (χ0v) is 23.0. The fourth-order valence-corrected chi connectivity index (χ4v) is 7.83. The lowest BCUT2D eigenvalue weighted by Gasteiger charge is -2.18. The first-order valence-electron chi connectivity index (χ1n) is 12.4. The maximum atomic E-state index is 13.0. The number of nitrogens with zero attached hydrogens (tertiary/aromatic N) is 3. The second-order valence-corrected chi connectivity index (χ2v) is 12.5. The predicted octanol–water partition coefficient (Wildman–Crippen LogP) is 4.76. The van der Waals surface area contributed by atoms with E-state index in [1.807, 2.05) is 0 Å². The number of thiophene rings is 2. The van der Waals surface area contributed by atoms with Crippen LogP contribution in [0.2, 0.25) is 0 Å². The van der Waals surface area contributed by atoms with Crippen molar-refractivity contribution >= 4 is 51.3 Å². The molecule has 36 heavy (non-hydrogen) atoms. The molecule has 2 unspecified atom stereocenters. The molecule has 3 aromatic heterocycles. The highest BCUT2D eigenvalue weighted by molar-refractivity contribution is 7.99. The van der Waals surface area contributed by atoms with E-state index in [-0.39, 0.29) is 17.8 Å². The number of anilines is 1. The highest BCUT2D eigenvalue weighted by Crippen LogP contribution is 2.39. The molecule has 1 fully saturated rings. The molecule has 0 spiro atoms. The molecule has 2 atom stereocenters. The summed E-state index contributed by atoms with van der Waals surface area (Å²) in [6.45, 7) is 5.78. The lowest BCUT2D eigenvalue weighted by molar-refractivity contribution is -0.113. The van der Waals surface area contributed by atoms with E-state index in [1.54, 1.807) is 11.3 Å². The van der Waals surface area contributed by atoms with Crippen molar-refractivity contribution in [2.75, 3.05) is 17.7 Å². The number of ether oxygens (including phenoxy) is 1. The van der Waals surface area contributed by atoms with Gasteiger partial charge in [-0.2, -0.15) is 0 Å². The van der Waals surface area contributed by atoms with Gasteiger partial charge in [-0.3, -0.25) is 14.2 Å². The van der Waals surface area contributed by atoms with Gasteiger partial charge in [0.2, 0.25) is 5.91 Å². The molecule has 8 nitrogen and oxygen atoms in total. The van der Waals surface area contributed by atoms with E-state index in [0.29, 0.717) is 28.2 Å². The topological polar surface area (TPSA) is 112 Å². The minimum Gasteiger partial charge on any atom is -0.376 e. The molecule has 11 heteroatoms. The number of primary amides is 1. The molecule has 0 bridgehead atoms. The number of nitrogens with two attached hydrogens (primary N) is 1. The van der Waals surface area contributed by atoms with Gasteiger partial charge in [-0.05, 0) is 56.1 Å². The molecule has 192 valence electrons. The zero-order valence-electron chi connectivity index (χ0n) is 20.5. The normalized spacial score (nSPS) is 19.4. The van der Waals surface area contributed by atoms with Gasteiger partial charge in [0.1, 0.15) is 5.00 Å². The number of rotatable bonds is 9. The van der Waals surface area contributed by atoms with Gasteiger partial charge >= 0.3 is 0 Å². The SMILES string of the molecule is CCc1cc(-c2nnc(SCC(=O)Nc3sc4c(c3C(N)=O)CCC(C)C4)n2CC2CCCO2)cs1. The number of carbonyl (C=O) groups is 2. The van der Waals surface area contributed by atoms with Crippen LogP contribution < -0.4 is 11.1 Å². The fourth-order valence-electron chi connectivity index (χ4n) is 4.84. The van der Waals surface area contributed by atoms with Gasteiger partial charge in [0.05, 0.1) is 24.0 Å². The number of hydrogen-bond donors (Lipinski definition) is 2. The molecular formula is C25H31N5O3S3. The standard InChI is InChI=1S/C25H31N5O3S3/c1-3-17-10-15(12-34-17)23-28-29-25(30(23)11-16-5-4-8-33-16)35-13-20(31)27-24-21(22(26)32)18-7-6-14(2)9-19(18)36-24/h10,12,14,16H,3-9,11,13H2,1-2H3,(H2,26,32)(H,27,31). The lowest BCUT2D eigenvalue weighted by Crippen LogP contribution is -2.20. The molecule has 1 aliphatic heterocycles. The Hall–Kier alpha value is -2.21. The Balaban J connectivity index is 1.32. The quantitative estimate of drug-likeness (QED) is 0.375. The molecule has 3 N–H and O–H groups in total. The number of carbonyl (C=O) groups excluding carboxylic acids is 2. The molecular weight excluding hydrogens is 515 g/mol. The molecule has 4 heterocycles. The Bertz CT molecular complexity index is 1260. The first kappa shape index (κ1) is 25.4. The lowest BCUT2D eigenvalue weighted by atomic mass is 9.88. The van der Waals surface area contributed by atoms with E-state index in [0.717, 1.165) is 67.0 Å². The molecule has 5 rings (SSSR count). The summed E-state index contributed by atoms with van der Waals surface area (Å²) in [5.41, 5.74) is 8.24. The number of fused-ring (bicyclic) bond motifs is 1. The summed E-state index contributed by atoms with van der Waals surface area (Å²) in [6, 6.07) is 2.16. The summed E-state index contributed by atoms with van der Waals surface area (Å²) in [4.78, 5) is 27.6. The van der Waals surface area contributed by atoms with E-state index < -0.39 is 5.91 Å². The molecule has 1 saturated heterocycles. The maximum Gasteiger partial charge on any atom is 0.251 e. The first-order valence-corrected chi connectivity index (χ1v) is 15.1. The van der Waals surface area contributed by atoms with Crippen LogP contribution in [0.25, 0.3) is 11.4 Å². The van der Waals surface area contributed by atoms with Gasteiger partial charge in [0.25, 0.3) is 5.91 Å². The highest BCUT2D eigenvalue weighted by Gasteiger charge is 2.28. The van der Waals surface area contributed by atoms with Crippen molar-refractivity contribution in [1.82, 2.24) is 14.8 Å². The number of hydrogen-bond acceptors (Lipinski definition) is 8. The third-order valence-electron chi connectivity index (χ3n) is 6.73. The third kappa shape index (κ3) is 5.39. The van der Waals surface area contributed by atoms with Crippen molar-refractivity contribution in [3.05, 3.63) is 32.3 Å². The van der Waals surface area contributed by atoms with Crippen LogP contribution in [0.5, 0.6) is 0 Å². The summed E-state index contributed by atoms with van der Waals surface area (Å²) in [6.07, 6.45) is 5.93. The Morgan fingerprint density at radius 2 is 2.19 bits per heavy atom. The van der Waals surface area contributed by atoms with Gasteiger partial charge in [-0.1, -0.05) is 25.6 Å². The number of aromatic nitrogens is 3. The number of nitrogens with one attached hydrogen (secondary N) is 1. The average Bonchev–Trinajstić information content (AvgIpc) is 3.64. The Kier molecular flexibility index (Phi) is 7.80. The van der Waals surface area contributed by atoms with E-state index in [1.165, 1.54) is 28.0 Å². The third-order valence-corrected chi connectivity index (χ3v) is 9.95. The van der Waals surface area contributed by atoms with Crippen molar-refractivity contribution in [1.29, 1.82) is 0 Å². The first-order chi connectivity index (χ1) is 17.4. The van der Waals surface area contributed by atoms with Gasteiger partial charge in [0, 0.05) is 27.3 Å². The van der Waals surface area contributed by atoms with Gasteiger partial charge < -0.3 is 15.8 Å². The summed E-state index contributed by atoms with van der Waals surface area (Å²) >= 11 is 4.55. The molecule has 0 radical (unpaired) electrons. The predicted molar refractivity (Wildman–Crippen MR) is 145 cm³/mol. The van der Waals surface area contributed by atoms with Crippen molar-refractivity contribution in [2.24, 2.45) is 11.7 Å². The van der Waals surface area contributed by atoms with E-state index in [2.05, 4.69) is 45.4 Å². The molecule has 0 saturated carbocycles. The summed E-state index contributed by atoms with van der Waals surface area (Å²) in [5.74, 6) is 0.863. The molecule has 2 amide bonds. The smallest absolute Gasteiger partial charge is 0.251 e. The summed E-state index contributed by atoms with van der Waals surface area (Å²) < 4.78 is 7.96. The molecule has 1 aliphatic carbocycles. The van der Waals surface area contributed by atoms with Crippen molar-refractivity contribution in [2.45, 2.75) is 70.2 Å². The Morgan fingerprint density at radius 3 is 2.92 bits per heavy atom. The second kappa shape index (κ2) is 11.0. The van der Waals surface area contributed by atoms with Crippen molar-refractivity contribution in [3.8, 4) is 11.4 Å². The minimum atomic E-state index is -0.479. The van der Waals surface area contributed by atoms with Gasteiger partial charge in [-0.25, -0.2) is 0 Å². The number of aryl methyl sites for hydroxylation is 1. The maximum absolute atomic E-state index is 13.0. The zero-order chi connectivity index (χ0) is 25.2. The number of thioether (sulfide) groups is 1. The fraction of sp³-hybridized carbons (Fsp3) is 0.520. The Labute approximate surface area is 223 Å². The van der Waals surface area contributed by atoms with E-state index in [4.69, 9.17) is 10.5 Å². The van der Waals surface area contributed by atoms with Crippen LogP contribution in [0, 0.1) is 5.92 Å². The second-order valence-electron chi connectivity index (χ2n) is 9.46. The van der Waals surface area contributed by atoms with Crippen LogP contribution in [0.15, 0.2) is 16.6 Å². The van der Waals surface area contributed by atoms with Crippen molar-refractivity contribution in [3.63, 3.8) is 0 Å². The van der Waals surface area contributed by atoms with Crippen LogP contribution in [-0.4, -0.2) is 45.0 Å². The summed E-state index contributed by atoms with van der Waals surface area (Å²) in [7, 11) is 0. The number of amides is 2. The largest absolute Gasteiger partial charge is 0.376 e. The van der Waals surface area contributed by atoms with Crippen LogP contribution in [0.1, 0.15) is 58.8 Å².